The molecule has 0 fully saturated rings. The van der Waals surface area contributed by atoms with Gasteiger partial charge >= 0.3 is 5.97 Å². The van der Waals surface area contributed by atoms with E-state index in [-0.39, 0.29) is 24.1 Å². The molecule has 1 amide bonds. The molecule has 1 aromatic heterocycles. The first-order valence-electron chi connectivity index (χ1n) is 4.79. The smallest absolute Gasteiger partial charge is 0.305 e. The van der Waals surface area contributed by atoms with Crippen molar-refractivity contribution in [2.45, 2.75) is 19.9 Å². The van der Waals surface area contributed by atoms with E-state index in [9.17, 15) is 19.5 Å². The van der Waals surface area contributed by atoms with Crippen molar-refractivity contribution in [3.63, 3.8) is 0 Å². The molecule has 0 aliphatic rings. The molecule has 0 unspecified atom stereocenters. The fourth-order valence-electron chi connectivity index (χ4n) is 1.48. The molecule has 0 aromatic carbocycles. The molecule has 17 heavy (non-hydrogen) atoms. The molecule has 0 aliphatic carbocycles. The molecule has 0 saturated carbocycles. The predicted molar refractivity (Wildman–Crippen MR) is 57.9 cm³/mol. The van der Waals surface area contributed by atoms with E-state index in [4.69, 9.17) is 10.8 Å². The van der Waals surface area contributed by atoms with Gasteiger partial charge in [0.05, 0.1) is 6.42 Å². The second kappa shape index (κ2) is 4.69. The Morgan fingerprint density at radius 2 is 2.06 bits per heavy atom. The summed E-state index contributed by atoms with van der Waals surface area (Å²) in [4.78, 5) is 33.0. The van der Waals surface area contributed by atoms with Crippen LogP contribution in [0.3, 0.4) is 0 Å². The maximum Gasteiger partial charge on any atom is 0.305 e. The number of amides is 1. The fraction of sp³-hybridized carbons (Fsp3) is 0.300. The van der Waals surface area contributed by atoms with E-state index in [1.807, 2.05) is 0 Å². The number of carboxylic acids is 1. The Balaban J connectivity index is 3.31. The molecular weight excluding hydrogens is 228 g/mol. The summed E-state index contributed by atoms with van der Waals surface area (Å²) < 4.78 is 0.807. The van der Waals surface area contributed by atoms with Crippen molar-refractivity contribution in [2.75, 3.05) is 0 Å². The van der Waals surface area contributed by atoms with Gasteiger partial charge in [-0.25, -0.2) is 0 Å². The van der Waals surface area contributed by atoms with Crippen LogP contribution in [0.1, 0.15) is 22.3 Å². The topological polar surface area (TPSA) is 123 Å². The van der Waals surface area contributed by atoms with E-state index in [1.54, 1.807) is 0 Å². The Hall–Kier alpha value is -2.31. The lowest BCUT2D eigenvalue weighted by molar-refractivity contribution is -0.137. The molecule has 0 bridgehead atoms. The van der Waals surface area contributed by atoms with Crippen molar-refractivity contribution in [3.05, 3.63) is 27.5 Å². The summed E-state index contributed by atoms with van der Waals surface area (Å²) in [5.74, 6) is -2.58. The van der Waals surface area contributed by atoms with Crippen LogP contribution < -0.4 is 11.3 Å². The second-order valence-corrected chi connectivity index (χ2v) is 3.52. The molecule has 0 atom stereocenters. The summed E-state index contributed by atoms with van der Waals surface area (Å²) in [6.07, 6.45) is -0.339. The number of hydrogen-bond donors (Lipinski definition) is 3. The molecule has 0 saturated heterocycles. The van der Waals surface area contributed by atoms with Gasteiger partial charge < -0.3 is 15.9 Å². The normalized spacial score (nSPS) is 10.2. The number of aromatic nitrogens is 1. The molecule has 4 N–H and O–H groups in total. The van der Waals surface area contributed by atoms with Gasteiger partial charge in [-0.05, 0) is 12.5 Å². The standard InChI is InChI=1S/C10H12N2O5/c1-5-4-6(13)12(3-2-7(14)15)10(17)8(5)9(11)16/h4,17H,2-3H2,1H3,(H2,11,16)(H,14,15). The lowest BCUT2D eigenvalue weighted by Gasteiger charge is -2.11. The number of pyridine rings is 1. The first kappa shape index (κ1) is 12.8. The van der Waals surface area contributed by atoms with Crippen molar-refractivity contribution in [1.82, 2.24) is 4.57 Å². The monoisotopic (exact) mass is 240 g/mol. The number of rotatable bonds is 4. The van der Waals surface area contributed by atoms with Crippen LogP contribution >= 0.6 is 0 Å². The Kier molecular flexibility index (Phi) is 3.52. The van der Waals surface area contributed by atoms with Crippen LogP contribution in [0.4, 0.5) is 0 Å². The van der Waals surface area contributed by atoms with Gasteiger partial charge in [0.25, 0.3) is 11.5 Å². The van der Waals surface area contributed by atoms with Gasteiger partial charge in [0.1, 0.15) is 5.56 Å². The molecule has 0 radical (unpaired) electrons. The molecular formula is C10H12N2O5. The molecule has 1 heterocycles. The van der Waals surface area contributed by atoms with E-state index in [1.165, 1.54) is 6.92 Å². The van der Waals surface area contributed by atoms with Crippen LogP contribution in [0.2, 0.25) is 0 Å². The number of primary amides is 1. The van der Waals surface area contributed by atoms with Gasteiger partial charge in [-0.3, -0.25) is 19.0 Å². The van der Waals surface area contributed by atoms with Gasteiger partial charge in [-0.1, -0.05) is 0 Å². The molecule has 1 rings (SSSR count). The number of nitrogens with two attached hydrogens (primary N) is 1. The third-order valence-corrected chi connectivity index (χ3v) is 2.28. The number of nitrogens with zero attached hydrogens (tertiary/aromatic N) is 1. The average Bonchev–Trinajstić information content (AvgIpc) is 2.14. The van der Waals surface area contributed by atoms with Gasteiger partial charge in [0, 0.05) is 12.6 Å². The number of aromatic hydroxyl groups is 1. The zero-order valence-corrected chi connectivity index (χ0v) is 9.14. The van der Waals surface area contributed by atoms with Crippen molar-refractivity contribution < 1.29 is 19.8 Å². The van der Waals surface area contributed by atoms with Gasteiger partial charge in [0.15, 0.2) is 0 Å². The summed E-state index contributed by atoms with van der Waals surface area (Å²) in [5.41, 5.74) is 4.57. The summed E-state index contributed by atoms with van der Waals surface area (Å²) in [6, 6.07) is 1.13. The summed E-state index contributed by atoms with van der Waals surface area (Å²) in [7, 11) is 0. The SMILES string of the molecule is Cc1cc(=O)n(CCC(=O)O)c(O)c1C(N)=O. The number of carboxylic acid groups (broad SMARTS) is 1. The second-order valence-electron chi connectivity index (χ2n) is 3.52. The minimum atomic E-state index is -1.11. The summed E-state index contributed by atoms with van der Waals surface area (Å²) in [5, 5.41) is 18.2. The Labute approximate surface area is 96.1 Å². The fourth-order valence-corrected chi connectivity index (χ4v) is 1.48. The Morgan fingerprint density at radius 3 is 2.53 bits per heavy atom. The molecule has 92 valence electrons. The summed E-state index contributed by atoms with van der Waals surface area (Å²) >= 11 is 0. The first-order chi connectivity index (χ1) is 7.84. The molecule has 7 heteroatoms. The van der Waals surface area contributed by atoms with Crippen molar-refractivity contribution >= 4 is 11.9 Å². The van der Waals surface area contributed by atoms with Crippen LogP contribution in [0.5, 0.6) is 5.88 Å². The van der Waals surface area contributed by atoms with E-state index in [0.29, 0.717) is 0 Å². The zero-order valence-electron chi connectivity index (χ0n) is 9.14. The van der Waals surface area contributed by atoms with E-state index >= 15 is 0 Å². The van der Waals surface area contributed by atoms with Crippen molar-refractivity contribution in [1.29, 1.82) is 0 Å². The van der Waals surface area contributed by atoms with Crippen LogP contribution in [0.25, 0.3) is 0 Å². The quantitative estimate of drug-likeness (QED) is 0.650. The van der Waals surface area contributed by atoms with E-state index < -0.39 is 23.3 Å². The van der Waals surface area contributed by atoms with Crippen molar-refractivity contribution in [3.8, 4) is 5.88 Å². The van der Waals surface area contributed by atoms with Crippen molar-refractivity contribution in [2.24, 2.45) is 5.73 Å². The molecule has 0 aliphatic heterocycles. The van der Waals surface area contributed by atoms with Gasteiger partial charge in [-0.2, -0.15) is 0 Å². The average molecular weight is 240 g/mol. The molecule has 0 spiro atoms. The zero-order chi connectivity index (χ0) is 13.2. The Bertz CT molecular complexity index is 532. The van der Waals surface area contributed by atoms with Gasteiger partial charge in [0.2, 0.25) is 5.88 Å². The third kappa shape index (κ3) is 2.63. The van der Waals surface area contributed by atoms with Crippen LogP contribution in [-0.2, 0) is 11.3 Å². The first-order valence-corrected chi connectivity index (χ1v) is 4.79. The number of carbonyl (C=O) groups is 2. The molecule has 1 aromatic rings. The number of aliphatic carboxylic acids is 1. The lowest BCUT2D eigenvalue weighted by Crippen LogP contribution is -2.25. The minimum absolute atomic E-state index is 0.171. The maximum atomic E-state index is 11.5. The maximum absolute atomic E-state index is 11.5. The van der Waals surface area contributed by atoms with E-state index in [0.717, 1.165) is 10.6 Å². The third-order valence-electron chi connectivity index (χ3n) is 2.28. The highest BCUT2D eigenvalue weighted by Gasteiger charge is 2.17. The highest BCUT2D eigenvalue weighted by Crippen LogP contribution is 2.18. The highest BCUT2D eigenvalue weighted by atomic mass is 16.4. The number of hydrogen-bond acceptors (Lipinski definition) is 4. The largest absolute Gasteiger partial charge is 0.494 e. The van der Waals surface area contributed by atoms with Crippen LogP contribution in [0.15, 0.2) is 10.9 Å². The predicted octanol–water partition coefficient (Wildman–Crippen LogP) is -0.564. The number of carbonyl (C=O) groups excluding carboxylic acids is 1. The van der Waals surface area contributed by atoms with Gasteiger partial charge in [-0.15, -0.1) is 0 Å². The highest BCUT2D eigenvalue weighted by molar-refractivity contribution is 5.96. The Morgan fingerprint density at radius 1 is 1.47 bits per heavy atom. The summed E-state index contributed by atoms with van der Waals surface area (Å²) in [6.45, 7) is 1.24. The number of aryl methyl sites for hydroxylation is 1. The molecule has 7 nitrogen and oxygen atoms in total. The van der Waals surface area contributed by atoms with Crippen LogP contribution in [-0.4, -0.2) is 26.7 Å². The van der Waals surface area contributed by atoms with E-state index in [2.05, 4.69) is 0 Å². The minimum Gasteiger partial charge on any atom is -0.494 e. The van der Waals surface area contributed by atoms with Crippen LogP contribution in [0, 0.1) is 6.92 Å². The lowest BCUT2D eigenvalue weighted by atomic mass is 10.1.